The minimum atomic E-state index is -3.69. The van der Waals surface area contributed by atoms with Gasteiger partial charge in [-0.05, 0) is 25.5 Å². The molecule has 26 heavy (non-hydrogen) atoms. The molecular weight excluding hydrogens is 352 g/mol. The van der Waals surface area contributed by atoms with Crippen LogP contribution in [0.3, 0.4) is 0 Å². The van der Waals surface area contributed by atoms with Crippen LogP contribution in [0.2, 0.25) is 0 Å². The molecule has 0 unspecified atom stereocenters. The van der Waals surface area contributed by atoms with Gasteiger partial charge in [0.25, 0.3) is 5.56 Å². The second-order valence-corrected chi connectivity index (χ2v) is 8.10. The lowest BCUT2D eigenvalue weighted by atomic mass is 10.0. The van der Waals surface area contributed by atoms with Gasteiger partial charge in [-0.3, -0.25) is 9.59 Å². The first-order valence-electron chi connectivity index (χ1n) is 8.51. The zero-order valence-electron chi connectivity index (χ0n) is 15.5. The molecule has 2 rings (SSSR count). The van der Waals surface area contributed by atoms with Gasteiger partial charge in [-0.2, -0.15) is 4.31 Å². The van der Waals surface area contributed by atoms with Crippen molar-refractivity contribution in [2.75, 3.05) is 13.1 Å². The van der Waals surface area contributed by atoms with Gasteiger partial charge in [0.2, 0.25) is 10.0 Å². The van der Waals surface area contributed by atoms with Gasteiger partial charge in [-0.25, -0.2) is 8.42 Å². The van der Waals surface area contributed by atoms with Crippen LogP contribution in [0.5, 0.6) is 0 Å². The van der Waals surface area contributed by atoms with Crippen LogP contribution in [0.15, 0.2) is 46.2 Å². The Hall–Kier alpha value is -2.25. The number of carbonyl (C=O) groups is 1. The van der Waals surface area contributed by atoms with Crippen molar-refractivity contribution in [2.45, 2.75) is 39.1 Å². The van der Waals surface area contributed by atoms with Crippen molar-refractivity contribution < 1.29 is 13.2 Å². The average molecular weight is 376 g/mol. The number of aromatic nitrogens is 1. The first-order valence-corrected chi connectivity index (χ1v) is 9.95. The molecule has 0 aliphatic carbocycles. The highest BCUT2D eigenvalue weighted by molar-refractivity contribution is 7.89. The third-order valence-electron chi connectivity index (χ3n) is 4.30. The quantitative estimate of drug-likeness (QED) is 0.695. The van der Waals surface area contributed by atoms with E-state index in [1.165, 1.54) is 22.6 Å². The lowest BCUT2D eigenvalue weighted by Crippen LogP contribution is -2.32. The smallest absolute Gasteiger partial charge is 0.251 e. The van der Waals surface area contributed by atoms with Gasteiger partial charge < -0.3 is 4.57 Å². The molecule has 1 heterocycles. The molecular formula is C19H24N2O4S. The number of Topliss-reactive ketones (excluding diaryl/α,β-unsaturated/α-hetero) is 1. The second kappa shape index (κ2) is 7.97. The summed E-state index contributed by atoms with van der Waals surface area (Å²) in [5.41, 5.74) is 1.99. The number of aryl methyl sites for hydroxylation is 2. The molecule has 0 amide bonds. The lowest BCUT2D eigenvalue weighted by Gasteiger charge is -2.19. The van der Waals surface area contributed by atoms with Gasteiger partial charge in [-0.15, -0.1) is 0 Å². The summed E-state index contributed by atoms with van der Waals surface area (Å²) in [5.74, 6) is -0.234. The normalized spacial score (nSPS) is 11.7. The lowest BCUT2D eigenvalue weighted by molar-refractivity contribution is 0.0970. The van der Waals surface area contributed by atoms with E-state index in [9.17, 15) is 18.0 Å². The summed E-state index contributed by atoms with van der Waals surface area (Å²) in [7, 11) is -3.69. The Morgan fingerprint density at radius 1 is 1.08 bits per heavy atom. The van der Waals surface area contributed by atoms with Crippen molar-refractivity contribution in [1.82, 2.24) is 8.87 Å². The topological polar surface area (TPSA) is 76.5 Å². The van der Waals surface area contributed by atoms with Crippen molar-refractivity contribution in [3.63, 3.8) is 0 Å². The molecule has 0 N–H and O–H groups in total. The number of benzene rings is 1. The van der Waals surface area contributed by atoms with Crippen molar-refractivity contribution in [3.05, 3.63) is 63.6 Å². The van der Waals surface area contributed by atoms with Crippen LogP contribution in [0.1, 0.15) is 35.3 Å². The predicted molar refractivity (Wildman–Crippen MR) is 101 cm³/mol. The SMILES string of the molecule is CCN(CC)S(=O)(=O)c1ccc(=O)n(CC(=O)c2ccc(C)cc2C)c1. The Bertz CT molecular complexity index is 973. The van der Waals surface area contributed by atoms with E-state index in [0.717, 1.165) is 15.7 Å². The third-order valence-corrected chi connectivity index (χ3v) is 6.33. The second-order valence-electron chi connectivity index (χ2n) is 6.16. The van der Waals surface area contributed by atoms with E-state index in [0.29, 0.717) is 18.7 Å². The summed E-state index contributed by atoms with van der Waals surface area (Å²) in [6.45, 7) is 7.74. The largest absolute Gasteiger partial charge is 0.306 e. The Kier molecular flexibility index (Phi) is 6.15. The van der Waals surface area contributed by atoms with Crippen molar-refractivity contribution in [3.8, 4) is 0 Å². The maximum absolute atomic E-state index is 12.6. The number of ketones is 1. The molecule has 0 bridgehead atoms. The minimum Gasteiger partial charge on any atom is -0.306 e. The van der Waals surface area contributed by atoms with Gasteiger partial charge in [0.15, 0.2) is 5.78 Å². The molecule has 0 radical (unpaired) electrons. The Labute approximate surface area is 154 Å². The summed E-state index contributed by atoms with van der Waals surface area (Å²) in [4.78, 5) is 24.7. The Morgan fingerprint density at radius 2 is 1.73 bits per heavy atom. The molecule has 6 nitrogen and oxygen atoms in total. The zero-order chi connectivity index (χ0) is 19.5. The maximum Gasteiger partial charge on any atom is 0.251 e. The molecule has 0 atom stereocenters. The molecule has 0 saturated heterocycles. The molecule has 0 spiro atoms. The predicted octanol–water partition coefficient (Wildman–Crippen LogP) is 2.38. The molecule has 140 valence electrons. The van der Waals surface area contributed by atoms with E-state index in [1.54, 1.807) is 19.9 Å². The fraction of sp³-hybridized carbons (Fsp3) is 0.368. The monoisotopic (exact) mass is 376 g/mol. The molecule has 2 aromatic rings. The first-order chi connectivity index (χ1) is 12.2. The maximum atomic E-state index is 12.6. The van der Waals surface area contributed by atoms with Crippen molar-refractivity contribution >= 4 is 15.8 Å². The van der Waals surface area contributed by atoms with Gasteiger partial charge >= 0.3 is 0 Å². The third kappa shape index (κ3) is 4.11. The van der Waals surface area contributed by atoms with Gasteiger partial charge in [0.05, 0.1) is 11.4 Å². The number of nitrogens with zero attached hydrogens (tertiary/aromatic N) is 2. The molecule has 7 heteroatoms. The van der Waals surface area contributed by atoms with Gasteiger partial charge in [-0.1, -0.05) is 37.6 Å². The molecule has 0 aliphatic heterocycles. The van der Waals surface area contributed by atoms with Crippen LogP contribution < -0.4 is 5.56 Å². The number of pyridine rings is 1. The zero-order valence-corrected chi connectivity index (χ0v) is 16.3. The average Bonchev–Trinajstić information content (AvgIpc) is 2.57. The van der Waals surface area contributed by atoms with Crippen molar-refractivity contribution in [2.24, 2.45) is 0 Å². The van der Waals surface area contributed by atoms with Gasteiger partial charge in [0.1, 0.15) is 0 Å². The highest BCUT2D eigenvalue weighted by atomic mass is 32.2. The molecule has 1 aromatic carbocycles. The molecule has 1 aromatic heterocycles. The van der Waals surface area contributed by atoms with E-state index in [2.05, 4.69) is 0 Å². The van der Waals surface area contributed by atoms with E-state index in [-0.39, 0.29) is 17.2 Å². The Morgan fingerprint density at radius 3 is 2.31 bits per heavy atom. The van der Waals surface area contributed by atoms with E-state index < -0.39 is 15.6 Å². The van der Waals surface area contributed by atoms with E-state index in [4.69, 9.17) is 0 Å². The molecule has 0 saturated carbocycles. The fourth-order valence-corrected chi connectivity index (χ4v) is 4.34. The van der Waals surface area contributed by atoms with Crippen molar-refractivity contribution in [1.29, 1.82) is 0 Å². The minimum absolute atomic E-state index is 0.00854. The summed E-state index contributed by atoms with van der Waals surface area (Å²) >= 11 is 0. The van der Waals surface area contributed by atoms with Crippen LogP contribution >= 0.6 is 0 Å². The Balaban J connectivity index is 2.39. The number of hydrogen-bond donors (Lipinski definition) is 0. The standard InChI is InChI=1S/C19H24N2O4S/c1-5-21(6-2)26(24,25)16-8-10-19(23)20(12-16)13-18(22)17-9-7-14(3)11-15(17)4/h7-12H,5-6,13H2,1-4H3. The number of sulfonamides is 1. The first kappa shape index (κ1) is 20.1. The molecule has 0 aliphatic rings. The van der Waals surface area contributed by atoms with Crippen LogP contribution in [0.4, 0.5) is 0 Å². The summed E-state index contributed by atoms with van der Waals surface area (Å²) in [5, 5.41) is 0. The summed E-state index contributed by atoms with van der Waals surface area (Å²) < 4.78 is 27.7. The number of carbonyl (C=O) groups excluding carboxylic acids is 1. The number of hydrogen-bond acceptors (Lipinski definition) is 4. The van der Waals surface area contributed by atoms with E-state index >= 15 is 0 Å². The van der Waals surface area contributed by atoms with Crippen LogP contribution in [-0.4, -0.2) is 36.2 Å². The van der Waals surface area contributed by atoms with Crippen LogP contribution in [0.25, 0.3) is 0 Å². The van der Waals surface area contributed by atoms with Crippen LogP contribution in [0, 0.1) is 13.8 Å². The highest BCUT2D eigenvalue weighted by Crippen LogP contribution is 2.15. The van der Waals surface area contributed by atoms with Crippen LogP contribution in [-0.2, 0) is 16.6 Å². The number of rotatable bonds is 7. The molecule has 0 fully saturated rings. The van der Waals surface area contributed by atoms with Gasteiger partial charge in [0, 0.05) is 30.9 Å². The summed E-state index contributed by atoms with van der Waals surface area (Å²) in [6, 6.07) is 7.94. The van der Waals surface area contributed by atoms with E-state index in [1.807, 2.05) is 26.0 Å². The fourth-order valence-electron chi connectivity index (χ4n) is 2.86. The summed E-state index contributed by atoms with van der Waals surface area (Å²) in [6.07, 6.45) is 1.25. The highest BCUT2D eigenvalue weighted by Gasteiger charge is 2.22.